The minimum absolute atomic E-state index is 0.485. The van der Waals surface area contributed by atoms with Crippen LogP contribution in [0.3, 0.4) is 0 Å². The van der Waals surface area contributed by atoms with Gasteiger partial charge in [-0.05, 0) is 253 Å². The van der Waals surface area contributed by atoms with Crippen LogP contribution in [0.2, 0.25) is 0 Å². The van der Waals surface area contributed by atoms with E-state index in [-0.39, 0.29) is 0 Å². The molecule has 0 aliphatic carbocycles. The molecule has 90 heavy (non-hydrogen) atoms. The summed E-state index contributed by atoms with van der Waals surface area (Å²) < 4.78 is 76.4. The fourth-order valence-corrected chi connectivity index (χ4v) is 55.7. The highest BCUT2D eigenvalue weighted by Crippen LogP contribution is 2.61. The number of hydrogen-bond donors (Lipinski definition) is 0. The summed E-state index contributed by atoms with van der Waals surface area (Å²) in [5.41, 5.74) is 1.27. The van der Waals surface area contributed by atoms with Gasteiger partial charge in [-0.1, -0.05) is 168 Å². The minimum atomic E-state index is -2.86. The third-order valence-corrected chi connectivity index (χ3v) is 57.0. The smallest absolute Gasteiger partial charge is 0.373 e. The molecular weight excluding hydrogens is 1510 g/mol. The Balaban J connectivity index is 7.31. The van der Waals surface area contributed by atoms with Crippen LogP contribution in [0.15, 0.2) is 19.6 Å². The second-order valence-corrected chi connectivity index (χ2v) is 57.7. The zero-order valence-electron chi connectivity index (χ0n) is 58.5. The highest BCUT2D eigenvalue weighted by molar-refractivity contribution is 9.30. The van der Waals surface area contributed by atoms with Gasteiger partial charge in [0, 0.05) is 89.1 Å². The van der Waals surface area contributed by atoms with Crippen LogP contribution in [0.4, 0.5) is 0 Å². The molecular formula is C58H122O12S16Si4. The van der Waals surface area contributed by atoms with Gasteiger partial charge in [0.15, 0.2) is 0 Å². The first-order valence-corrected chi connectivity index (χ1v) is 60.7. The summed E-state index contributed by atoms with van der Waals surface area (Å²) in [4.78, 5) is 2.71. The van der Waals surface area contributed by atoms with Crippen molar-refractivity contribution in [1.82, 2.24) is 0 Å². The summed E-state index contributed by atoms with van der Waals surface area (Å²) >= 11 is 0. The van der Waals surface area contributed by atoms with Gasteiger partial charge in [0.05, 0.1) is 25.7 Å². The third kappa shape index (κ3) is 46.9. The lowest BCUT2D eigenvalue weighted by Gasteiger charge is -2.27. The van der Waals surface area contributed by atoms with Crippen molar-refractivity contribution in [2.24, 2.45) is 29.6 Å². The zero-order valence-corrected chi connectivity index (χ0v) is 75.6. The monoisotopic (exact) mass is 1630 g/mol. The van der Waals surface area contributed by atoms with Gasteiger partial charge in [-0.25, -0.2) is 0 Å². The van der Waals surface area contributed by atoms with Gasteiger partial charge in [0.2, 0.25) is 0 Å². The van der Waals surface area contributed by atoms with Gasteiger partial charge >= 0.3 is 35.2 Å². The van der Waals surface area contributed by atoms with E-state index < -0.39 is 35.2 Å². The van der Waals surface area contributed by atoms with E-state index in [4.69, 9.17) is 53.1 Å². The molecule has 4 atom stereocenters. The summed E-state index contributed by atoms with van der Waals surface area (Å²) in [5, 5.41) is 2.67. The molecule has 32 heteroatoms. The first kappa shape index (κ1) is 95.5. The zero-order chi connectivity index (χ0) is 67.2. The third-order valence-electron chi connectivity index (χ3n) is 13.4. The van der Waals surface area contributed by atoms with Gasteiger partial charge in [-0.15, -0.1) is 0 Å². The first-order valence-electron chi connectivity index (χ1n) is 33.0. The molecule has 12 nitrogen and oxygen atoms in total. The number of hydrogen-bond acceptors (Lipinski definition) is 28. The lowest BCUT2D eigenvalue weighted by Crippen LogP contribution is -2.49. The Morgan fingerprint density at radius 3 is 0.811 bits per heavy atom. The quantitative estimate of drug-likeness (QED) is 0.0249. The molecule has 0 aromatic carbocycles. The average molecular weight is 1640 g/mol. The van der Waals surface area contributed by atoms with Crippen molar-refractivity contribution >= 4 is 200 Å². The molecule has 0 radical (unpaired) electrons. The van der Waals surface area contributed by atoms with Crippen LogP contribution in [0.25, 0.3) is 0 Å². The molecule has 0 amide bonds. The molecule has 0 aliphatic rings. The summed E-state index contributed by atoms with van der Waals surface area (Å²) in [7, 11) is 17.4. The van der Waals surface area contributed by atoms with Crippen molar-refractivity contribution in [1.29, 1.82) is 0 Å². The second-order valence-electron chi connectivity index (χ2n) is 21.6. The Morgan fingerprint density at radius 1 is 0.289 bits per heavy atom. The molecule has 0 fully saturated rings. The van der Waals surface area contributed by atoms with E-state index in [9.17, 15) is 0 Å². The lowest BCUT2D eigenvalue weighted by atomic mass is 9.90. The van der Waals surface area contributed by atoms with Crippen molar-refractivity contribution in [3.05, 3.63) is 19.6 Å². The van der Waals surface area contributed by atoms with Gasteiger partial charge in [0.25, 0.3) is 0 Å². The molecule has 0 aromatic rings. The number of rotatable bonds is 68. The van der Waals surface area contributed by atoms with Crippen LogP contribution in [0.5, 0.6) is 0 Å². The van der Waals surface area contributed by atoms with Crippen molar-refractivity contribution in [2.75, 3.05) is 101 Å². The van der Waals surface area contributed by atoms with Crippen molar-refractivity contribution in [2.45, 2.75) is 221 Å². The molecule has 0 N–H and O–H groups in total. The average Bonchev–Trinajstić information content (AvgIpc) is 2.56. The van der Waals surface area contributed by atoms with E-state index in [1.807, 2.05) is 146 Å². The fourth-order valence-electron chi connectivity index (χ4n) is 9.35. The van der Waals surface area contributed by atoms with Crippen LogP contribution in [-0.2, 0) is 53.1 Å². The van der Waals surface area contributed by atoms with Crippen molar-refractivity contribution in [3.63, 3.8) is 0 Å². The molecule has 0 heterocycles. The molecule has 0 saturated carbocycles. The van der Waals surface area contributed by atoms with Gasteiger partial charge in [-0.2, -0.15) is 0 Å². The minimum Gasteiger partial charge on any atom is -0.373 e. The Kier molecular flexibility index (Phi) is 66.8. The standard InChI is InChI=1S/C58H122O12S16Si4/c1-20-59-87(60-21-2,61-22-3)46-71-79-83-75-56(45-54(18)44-36-43-52(16)39-33-32-38-51(15)41-35-42-53(17)40-34-37-50(13)14)57(76-84-80-72-47-88(62-23-4,63-24-5)64-25-6)55(19)58(77-85-81-73-48-89(65-26-7,66-27-8)67-28-9)78-86-82-74-49-90(68-29-10,69-30-11)70-31-12/h50-54H,20-49H2,1-19H3. The largest absolute Gasteiger partial charge is 0.512 e. The van der Waals surface area contributed by atoms with E-state index >= 15 is 0 Å². The Bertz CT molecular complexity index is 1640. The van der Waals surface area contributed by atoms with E-state index in [1.165, 1.54) is 103 Å². The van der Waals surface area contributed by atoms with Crippen LogP contribution in [-0.4, -0.2) is 136 Å². The van der Waals surface area contributed by atoms with Gasteiger partial charge in [0.1, 0.15) is 0 Å². The Morgan fingerprint density at radius 2 is 0.533 bits per heavy atom. The van der Waals surface area contributed by atoms with Gasteiger partial charge < -0.3 is 53.1 Å². The van der Waals surface area contributed by atoms with Crippen LogP contribution >= 0.6 is 165 Å². The maximum absolute atomic E-state index is 6.29. The van der Waals surface area contributed by atoms with Crippen molar-refractivity contribution < 1.29 is 53.1 Å². The molecule has 0 aromatic heterocycles. The van der Waals surface area contributed by atoms with Crippen molar-refractivity contribution in [3.8, 4) is 0 Å². The number of allylic oxidation sites excluding steroid dienone is 2. The summed E-state index contributed by atoms with van der Waals surface area (Å²) in [6, 6.07) is 0. The van der Waals surface area contributed by atoms with E-state index in [2.05, 4.69) is 48.5 Å². The maximum Gasteiger partial charge on any atom is 0.512 e. The predicted octanol–water partition coefficient (Wildman–Crippen LogP) is 25.2. The first-order chi connectivity index (χ1) is 43.4. The van der Waals surface area contributed by atoms with E-state index in [1.54, 1.807) is 102 Å². The SMILES string of the molecule is CCO[Si](CSSSSC(CC(C)CCCC(C)CCCCC(C)CCCC(C)CCCC(C)C)=C(SSSSC[Si](OCC)(OCC)OCC)C(C)=C(SSSSC[Si](OCC)(OCC)OCC)SSSSC[Si](OCC)(OCC)OCC)(OCC)OCC. The molecule has 0 rings (SSSR count). The maximum atomic E-state index is 6.29. The summed E-state index contributed by atoms with van der Waals surface area (Å²) in [6.07, 6.45) is 18.4. The topological polar surface area (TPSA) is 111 Å². The molecule has 0 aliphatic heterocycles. The lowest BCUT2D eigenvalue weighted by molar-refractivity contribution is 0.0765. The molecule has 538 valence electrons. The Labute approximate surface area is 617 Å². The predicted molar refractivity (Wildman–Crippen MR) is 439 cm³/mol. The highest BCUT2D eigenvalue weighted by Gasteiger charge is 2.44. The van der Waals surface area contributed by atoms with Crippen LogP contribution in [0.1, 0.15) is 221 Å². The molecule has 0 bridgehead atoms. The highest BCUT2D eigenvalue weighted by atomic mass is 33.7. The summed E-state index contributed by atoms with van der Waals surface area (Å²) in [6.45, 7) is 47.8. The van der Waals surface area contributed by atoms with Crippen LogP contribution in [0, 0.1) is 29.6 Å². The fraction of sp³-hybridized carbons (Fsp3) is 0.931. The van der Waals surface area contributed by atoms with Crippen LogP contribution < -0.4 is 0 Å². The Hall–Kier alpha value is 5.47. The number of unbranched alkanes of at least 4 members (excludes halogenated alkanes) is 1. The molecule has 0 saturated heterocycles. The summed E-state index contributed by atoms with van der Waals surface area (Å²) in [5.74, 6) is 3.74. The second kappa shape index (κ2) is 63.0. The molecule has 4 unspecified atom stereocenters. The molecule has 0 spiro atoms. The van der Waals surface area contributed by atoms with Gasteiger partial charge in [-0.3, -0.25) is 0 Å². The van der Waals surface area contributed by atoms with E-state index in [0.717, 1.165) is 30.1 Å². The van der Waals surface area contributed by atoms with E-state index in [0.29, 0.717) is 107 Å². The normalized spacial score (nSPS) is 14.4.